The second-order valence-corrected chi connectivity index (χ2v) is 9.20. The van der Waals surface area contributed by atoms with Crippen LogP contribution in [0.3, 0.4) is 0 Å². The van der Waals surface area contributed by atoms with Gasteiger partial charge in [0.25, 0.3) is 11.4 Å². The molecular formula is C25H27N7O11. The number of nitrogens with zero attached hydrogens (tertiary/aromatic N) is 5. The van der Waals surface area contributed by atoms with Crippen molar-refractivity contribution in [3.8, 4) is 0 Å². The summed E-state index contributed by atoms with van der Waals surface area (Å²) in [6.07, 6.45) is -3.26. The van der Waals surface area contributed by atoms with E-state index in [0.717, 1.165) is 4.90 Å². The first kappa shape index (κ1) is 31.7. The number of amides is 4. The Kier molecular flexibility index (Phi) is 10.5. The molecule has 1 aliphatic rings. The van der Waals surface area contributed by atoms with Gasteiger partial charge in [-0.3, -0.25) is 25.0 Å². The highest BCUT2D eigenvalue weighted by molar-refractivity contribution is 6.01. The lowest BCUT2D eigenvalue weighted by molar-refractivity contribution is -0.385. The molecule has 0 aromatic heterocycles. The number of likely N-dealkylation sites (tertiary alicyclic amines) is 1. The molecule has 1 saturated heterocycles. The third-order valence-electron chi connectivity index (χ3n) is 6.24. The van der Waals surface area contributed by atoms with Crippen molar-refractivity contribution >= 4 is 41.5 Å². The minimum atomic E-state index is -1.39. The first-order valence-electron chi connectivity index (χ1n) is 12.6. The van der Waals surface area contributed by atoms with Crippen LogP contribution in [0.5, 0.6) is 0 Å². The number of hydrogen-bond acceptors (Lipinski definition) is 10. The summed E-state index contributed by atoms with van der Waals surface area (Å²) in [6, 6.07) is 8.32. The van der Waals surface area contributed by atoms with E-state index in [1.54, 1.807) is 0 Å². The molecule has 18 heteroatoms. The first-order valence-corrected chi connectivity index (χ1v) is 12.6. The minimum Gasteiger partial charge on any atom is -0.465 e. The largest absolute Gasteiger partial charge is 0.465 e. The Bertz CT molecular complexity index is 1410. The van der Waals surface area contributed by atoms with E-state index in [0.29, 0.717) is 22.4 Å². The maximum atomic E-state index is 13.1. The summed E-state index contributed by atoms with van der Waals surface area (Å²) >= 11 is 0. The maximum Gasteiger partial charge on any atom is 0.437 e. The number of nitro benzene ring substituents is 2. The summed E-state index contributed by atoms with van der Waals surface area (Å²) in [5.74, 6) is -1.51. The fraction of sp³-hybridized carbons (Fsp3) is 0.320. The Balaban J connectivity index is 1.72. The molecule has 4 N–H and O–H groups in total. The Morgan fingerprint density at radius 3 is 2.00 bits per heavy atom. The molecule has 43 heavy (non-hydrogen) atoms. The van der Waals surface area contributed by atoms with Crippen LogP contribution in [-0.4, -0.2) is 80.1 Å². The molecule has 1 heterocycles. The van der Waals surface area contributed by atoms with Crippen LogP contribution >= 0.6 is 0 Å². The van der Waals surface area contributed by atoms with Crippen LogP contribution in [0.4, 0.5) is 25.8 Å². The number of carboxylic acid groups (broad SMARTS) is 1. The SMILES string of the molecule is C[C@@H](C(=O)N[C@H]1CCN(C(=O)O)C1)N(C(=O)OCc1ccc([N+](=O)[O-])cc1)C(N)=NC(=O)OCc1ccc([N+](=O)[O-])cc1. The maximum absolute atomic E-state index is 13.1. The van der Waals surface area contributed by atoms with Gasteiger partial charge in [0.15, 0.2) is 0 Å². The van der Waals surface area contributed by atoms with Gasteiger partial charge < -0.3 is 30.5 Å². The number of guanidine groups is 1. The van der Waals surface area contributed by atoms with Crippen LogP contribution in [0.15, 0.2) is 53.5 Å². The van der Waals surface area contributed by atoms with E-state index in [1.165, 1.54) is 55.5 Å². The highest BCUT2D eigenvalue weighted by atomic mass is 16.6. The number of carbonyl (C=O) groups is 4. The van der Waals surface area contributed by atoms with Crippen molar-refractivity contribution in [2.75, 3.05) is 13.1 Å². The molecule has 18 nitrogen and oxygen atoms in total. The van der Waals surface area contributed by atoms with Crippen molar-refractivity contribution in [1.82, 2.24) is 15.1 Å². The summed E-state index contributed by atoms with van der Waals surface area (Å²) in [5.41, 5.74) is 6.35. The van der Waals surface area contributed by atoms with E-state index in [2.05, 4.69) is 10.3 Å². The van der Waals surface area contributed by atoms with E-state index in [-0.39, 0.29) is 37.7 Å². The molecule has 3 rings (SSSR count). The van der Waals surface area contributed by atoms with Crippen molar-refractivity contribution < 1.29 is 43.6 Å². The molecule has 228 valence electrons. The molecule has 2 atom stereocenters. The van der Waals surface area contributed by atoms with Gasteiger partial charge in [0.2, 0.25) is 11.9 Å². The summed E-state index contributed by atoms with van der Waals surface area (Å²) in [6.45, 7) is 0.777. The lowest BCUT2D eigenvalue weighted by Gasteiger charge is -2.27. The number of rotatable bonds is 9. The normalized spacial score (nSPS) is 15.2. The molecule has 0 aliphatic carbocycles. The van der Waals surface area contributed by atoms with Crippen molar-refractivity contribution in [3.63, 3.8) is 0 Å². The van der Waals surface area contributed by atoms with Gasteiger partial charge in [0, 0.05) is 43.4 Å². The van der Waals surface area contributed by atoms with Gasteiger partial charge in [0.1, 0.15) is 19.3 Å². The number of carbonyl (C=O) groups excluding carboxylic acids is 3. The average Bonchev–Trinajstić information content (AvgIpc) is 3.44. The molecule has 1 aliphatic heterocycles. The van der Waals surface area contributed by atoms with Crippen molar-refractivity contribution in [2.24, 2.45) is 10.7 Å². The number of aliphatic imine (C=N–C) groups is 1. The van der Waals surface area contributed by atoms with Crippen LogP contribution in [0.25, 0.3) is 0 Å². The average molecular weight is 602 g/mol. The quantitative estimate of drug-likeness (QED) is 0.162. The topological polar surface area (TPSA) is 250 Å². The summed E-state index contributed by atoms with van der Waals surface area (Å²) in [7, 11) is 0. The van der Waals surface area contributed by atoms with Gasteiger partial charge in [-0.1, -0.05) is 0 Å². The highest BCUT2D eigenvalue weighted by Gasteiger charge is 2.34. The lowest BCUT2D eigenvalue weighted by atomic mass is 10.2. The molecule has 0 saturated carbocycles. The minimum absolute atomic E-state index is 0.0247. The summed E-state index contributed by atoms with van der Waals surface area (Å²) < 4.78 is 10.2. The molecule has 2 aromatic rings. The van der Waals surface area contributed by atoms with Crippen molar-refractivity contribution in [2.45, 2.75) is 38.6 Å². The zero-order chi connectivity index (χ0) is 31.7. The number of benzene rings is 2. The highest BCUT2D eigenvalue weighted by Crippen LogP contribution is 2.16. The number of nitro groups is 2. The van der Waals surface area contributed by atoms with Gasteiger partial charge >= 0.3 is 18.3 Å². The Morgan fingerprint density at radius 2 is 1.53 bits per heavy atom. The van der Waals surface area contributed by atoms with Crippen LogP contribution in [0.1, 0.15) is 24.5 Å². The number of nitrogens with two attached hydrogens (primary N) is 1. The second-order valence-electron chi connectivity index (χ2n) is 9.20. The van der Waals surface area contributed by atoms with Crippen LogP contribution in [-0.2, 0) is 27.5 Å². The van der Waals surface area contributed by atoms with Crippen LogP contribution < -0.4 is 11.1 Å². The third-order valence-corrected chi connectivity index (χ3v) is 6.24. The third kappa shape index (κ3) is 8.84. The summed E-state index contributed by atoms with van der Waals surface area (Å²) in [5, 5.41) is 33.4. The molecule has 4 amide bonds. The Labute approximate surface area is 243 Å². The number of hydrogen-bond donors (Lipinski definition) is 3. The first-order chi connectivity index (χ1) is 20.3. The van der Waals surface area contributed by atoms with E-state index >= 15 is 0 Å². The molecule has 0 bridgehead atoms. The molecule has 0 radical (unpaired) electrons. The molecule has 2 aromatic carbocycles. The monoisotopic (exact) mass is 601 g/mol. The van der Waals surface area contributed by atoms with Gasteiger partial charge in [-0.05, 0) is 48.7 Å². The van der Waals surface area contributed by atoms with Crippen molar-refractivity contribution in [3.05, 3.63) is 79.9 Å². The fourth-order valence-corrected chi connectivity index (χ4v) is 3.91. The standard InChI is InChI=1S/C25H27N7O11/c1-15(21(33)27-18-10-11-29(12-18)24(35)36)30(25(37)43-14-17-4-8-20(9-5-17)32(40)41)22(26)28-23(34)42-13-16-2-6-19(7-3-16)31(38)39/h2-9,15,18H,10-14H2,1H3,(H,27,33)(H,35,36)(H2,26,28,34)/t15-,18-/m0/s1. The lowest BCUT2D eigenvalue weighted by Crippen LogP contribution is -2.55. The van der Waals surface area contributed by atoms with E-state index in [9.17, 15) is 39.4 Å². The number of non-ortho nitro benzene ring substituents is 2. The van der Waals surface area contributed by atoms with E-state index in [4.69, 9.17) is 20.3 Å². The molecule has 1 fully saturated rings. The number of nitrogens with one attached hydrogen (secondary N) is 1. The van der Waals surface area contributed by atoms with Gasteiger partial charge in [0.05, 0.1) is 9.85 Å². The predicted octanol–water partition coefficient (Wildman–Crippen LogP) is 2.35. The second kappa shape index (κ2) is 14.2. The zero-order valence-corrected chi connectivity index (χ0v) is 22.7. The predicted molar refractivity (Wildman–Crippen MR) is 146 cm³/mol. The summed E-state index contributed by atoms with van der Waals surface area (Å²) in [4.78, 5) is 75.3. The van der Waals surface area contributed by atoms with Gasteiger partial charge in [-0.25, -0.2) is 19.3 Å². The fourth-order valence-electron chi connectivity index (χ4n) is 3.91. The Hall–Kier alpha value is -5.81. The smallest absolute Gasteiger partial charge is 0.437 e. The number of ether oxygens (including phenoxy) is 2. The van der Waals surface area contributed by atoms with E-state index in [1.807, 2.05) is 0 Å². The molecule has 0 unspecified atom stereocenters. The van der Waals surface area contributed by atoms with Crippen LogP contribution in [0, 0.1) is 20.2 Å². The van der Waals surface area contributed by atoms with Gasteiger partial charge in [-0.2, -0.15) is 0 Å². The zero-order valence-electron chi connectivity index (χ0n) is 22.7. The van der Waals surface area contributed by atoms with Crippen LogP contribution in [0.2, 0.25) is 0 Å². The van der Waals surface area contributed by atoms with Gasteiger partial charge in [-0.15, -0.1) is 4.99 Å². The molecule has 0 spiro atoms. The Morgan fingerprint density at radius 1 is 1.02 bits per heavy atom. The van der Waals surface area contributed by atoms with E-state index < -0.39 is 52.1 Å². The van der Waals surface area contributed by atoms with Crippen molar-refractivity contribution in [1.29, 1.82) is 0 Å². The molecular weight excluding hydrogens is 574 g/mol.